The lowest BCUT2D eigenvalue weighted by molar-refractivity contribution is -0.385. The molecule has 7 nitrogen and oxygen atoms in total. The summed E-state index contributed by atoms with van der Waals surface area (Å²) >= 11 is 6.36. The van der Waals surface area contributed by atoms with Crippen molar-refractivity contribution in [1.82, 2.24) is 4.98 Å². The molecule has 0 radical (unpaired) electrons. The largest absolute Gasteiger partial charge is 0.436 e. The van der Waals surface area contributed by atoms with Gasteiger partial charge in [0, 0.05) is 22.9 Å². The van der Waals surface area contributed by atoms with Crippen LogP contribution >= 0.6 is 11.6 Å². The summed E-state index contributed by atoms with van der Waals surface area (Å²) in [7, 11) is 0. The number of carbonyl (C=O) groups is 1. The van der Waals surface area contributed by atoms with Crippen molar-refractivity contribution in [3.8, 4) is 11.5 Å². The summed E-state index contributed by atoms with van der Waals surface area (Å²) in [6, 6.07) is 15.2. The highest BCUT2D eigenvalue weighted by Crippen LogP contribution is 2.33. The lowest BCUT2D eigenvalue weighted by Crippen LogP contribution is -2.14. The average Bonchev–Trinajstić information content (AvgIpc) is 3.17. The number of hydrogen-bond donors (Lipinski definition) is 1. The van der Waals surface area contributed by atoms with Crippen LogP contribution in [-0.4, -0.2) is 15.8 Å². The minimum Gasteiger partial charge on any atom is -0.436 e. The molecule has 0 saturated heterocycles. The molecule has 0 aliphatic rings. The number of amides is 1. The number of anilines is 1. The first-order valence-corrected chi connectivity index (χ1v) is 10.00. The number of carbonyl (C=O) groups excluding carboxylic acids is 1. The number of fused-ring (bicyclic) bond motifs is 1. The van der Waals surface area contributed by atoms with Crippen molar-refractivity contribution in [2.45, 2.75) is 20.3 Å². The molecule has 1 N–H and O–H groups in total. The number of nitro groups is 1. The molecule has 4 rings (SSSR count). The van der Waals surface area contributed by atoms with Crippen molar-refractivity contribution in [1.29, 1.82) is 0 Å². The Labute approximate surface area is 182 Å². The summed E-state index contributed by atoms with van der Waals surface area (Å²) in [5.41, 5.74) is 3.92. The van der Waals surface area contributed by atoms with Gasteiger partial charge >= 0.3 is 0 Å². The molecule has 31 heavy (non-hydrogen) atoms. The first-order valence-electron chi connectivity index (χ1n) is 9.62. The smallest absolute Gasteiger partial charge is 0.273 e. The third kappa shape index (κ3) is 4.00. The highest BCUT2D eigenvalue weighted by atomic mass is 35.5. The van der Waals surface area contributed by atoms with Gasteiger partial charge in [0.1, 0.15) is 5.52 Å². The van der Waals surface area contributed by atoms with E-state index in [2.05, 4.69) is 17.2 Å². The number of aromatic nitrogens is 1. The predicted octanol–water partition coefficient (Wildman–Crippen LogP) is 6.18. The Morgan fingerprint density at radius 1 is 1.19 bits per heavy atom. The van der Waals surface area contributed by atoms with Gasteiger partial charge in [-0.1, -0.05) is 30.7 Å². The highest BCUT2D eigenvalue weighted by molar-refractivity contribution is 6.33. The van der Waals surface area contributed by atoms with Crippen molar-refractivity contribution >= 4 is 40.0 Å². The fraction of sp³-hybridized carbons (Fsp3) is 0.130. The van der Waals surface area contributed by atoms with Gasteiger partial charge in [0.2, 0.25) is 5.89 Å². The second-order valence-corrected chi connectivity index (χ2v) is 7.44. The molecule has 156 valence electrons. The van der Waals surface area contributed by atoms with Crippen molar-refractivity contribution < 1.29 is 14.1 Å². The van der Waals surface area contributed by atoms with Crippen LogP contribution in [0.3, 0.4) is 0 Å². The number of nitrogens with one attached hydrogen (secondary N) is 1. The van der Waals surface area contributed by atoms with E-state index >= 15 is 0 Å². The van der Waals surface area contributed by atoms with E-state index in [0.29, 0.717) is 33.3 Å². The number of oxazole rings is 1. The summed E-state index contributed by atoms with van der Waals surface area (Å²) in [5, 5.41) is 14.3. The summed E-state index contributed by atoms with van der Waals surface area (Å²) in [4.78, 5) is 27.9. The summed E-state index contributed by atoms with van der Waals surface area (Å²) in [5.74, 6) is -0.115. The molecule has 0 unspecified atom stereocenters. The lowest BCUT2D eigenvalue weighted by Gasteiger charge is -2.09. The second-order valence-electron chi connectivity index (χ2n) is 7.03. The third-order valence-corrected chi connectivity index (χ3v) is 5.39. The van der Waals surface area contributed by atoms with Crippen molar-refractivity contribution in [3.63, 3.8) is 0 Å². The normalized spacial score (nSPS) is 10.9. The zero-order valence-corrected chi connectivity index (χ0v) is 17.6. The topological polar surface area (TPSA) is 98.3 Å². The third-order valence-electron chi connectivity index (χ3n) is 5.06. The first kappa shape index (κ1) is 20.6. The summed E-state index contributed by atoms with van der Waals surface area (Å²) < 4.78 is 5.86. The van der Waals surface area contributed by atoms with E-state index in [4.69, 9.17) is 16.0 Å². The monoisotopic (exact) mass is 435 g/mol. The van der Waals surface area contributed by atoms with Gasteiger partial charge in [0.05, 0.1) is 15.5 Å². The molecule has 0 saturated carbocycles. The molecular formula is C23H18ClN3O4. The van der Waals surface area contributed by atoms with E-state index in [1.807, 2.05) is 18.2 Å². The van der Waals surface area contributed by atoms with E-state index < -0.39 is 10.8 Å². The van der Waals surface area contributed by atoms with Gasteiger partial charge in [0.15, 0.2) is 5.58 Å². The maximum atomic E-state index is 12.7. The van der Waals surface area contributed by atoms with Gasteiger partial charge in [-0.2, -0.15) is 0 Å². The Morgan fingerprint density at radius 2 is 2.00 bits per heavy atom. The van der Waals surface area contributed by atoms with Gasteiger partial charge in [0.25, 0.3) is 11.6 Å². The number of halogens is 1. The fourth-order valence-electron chi connectivity index (χ4n) is 3.34. The molecule has 0 atom stereocenters. The fourth-order valence-corrected chi connectivity index (χ4v) is 3.54. The second kappa shape index (κ2) is 8.20. The molecule has 8 heteroatoms. The van der Waals surface area contributed by atoms with Crippen LogP contribution in [0.1, 0.15) is 28.4 Å². The molecule has 0 fully saturated rings. The van der Waals surface area contributed by atoms with Crippen LogP contribution in [0, 0.1) is 17.0 Å². The minimum atomic E-state index is -0.510. The standard InChI is InChI=1S/C23H18ClN3O4/c1-3-14-7-10-21-19(11-14)26-23(31-21)17-12-15(8-9-18(17)24)25-22(28)16-5-4-6-20(13(16)2)27(29)30/h4-12H,3H2,1-2H3,(H,25,28). The molecule has 0 aliphatic carbocycles. The Kier molecular flexibility index (Phi) is 5.44. The Morgan fingerprint density at radius 3 is 2.74 bits per heavy atom. The van der Waals surface area contributed by atoms with Crippen LogP contribution in [0.2, 0.25) is 5.02 Å². The van der Waals surface area contributed by atoms with Crippen LogP contribution in [0.5, 0.6) is 0 Å². The van der Waals surface area contributed by atoms with Gasteiger partial charge in [-0.3, -0.25) is 14.9 Å². The molecule has 3 aromatic carbocycles. The number of nitro benzene ring substituents is 1. The zero-order chi connectivity index (χ0) is 22.1. The Hall–Kier alpha value is -3.71. The van der Waals surface area contributed by atoms with Crippen LogP contribution in [-0.2, 0) is 6.42 Å². The van der Waals surface area contributed by atoms with Gasteiger partial charge in [-0.05, 0) is 55.3 Å². The molecule has 4 aromatic rings. The van der Waals surface area contributed by atoms with Gasteiger partial charge in [-0.15, -0.1) is 0 Å². The van der Waals surface area contributed by atoms with Crippen LogP contribution in [0.25, 0.3) is 22.6 Å². The lowest BCUT2D eigenvalue weighted by atomic mass is 10.1. The SMILES string of the molecule is CCc1ccc2oc(-c3cc(NC(=O)c4cccc([N+](=O)[O-])c4C)ccc3Cl)nc2c1. The first-order chi connectivity index (χ1) is 14.9. The molecule has 0 spiro atoms. The number of benzene rings is 3. The zero-order valence-electron chi connectivity index (χ0n) is 16.8. The van der Waals surface area contributed by atoms with Crippen LogP contribution < -0.4 is 5.32 Å². The Bertz CT molecular complexity index is 1330. The summed E-state index contributed by atoms with van der Waals surface area (Å²) in [6.07, 6.45) is 0.886. The van der Waals surface area contributed by atoms with E-state index in [1.165, 1.54) is 12.1 Å². The highest BCUT2D eigenvalue weighted by Gasteiger charge is 2.19. The minimum absolute atomic E-state index is 0.109. The molecule has 0 aliphatic heterocycles. The quantitative estimate of drug-likeness (QED) is 0.298. The number of rotatable bonds is 5. The van der Waals surface area contributed by atoms with E-state index in [-0.39, 0.29) is 11.3 Å². The van der Waals surface area contributed by atoms with E-state index in [1.54, 1.807) is 31.2 Å². The van der Waals surface area contributed by atoms with Gasteiger partial charge in [-0.25, -0.2) is 4.98 Å². The molecule has 1 amide bonds. The van der Waals surface area contributed by atoms with Crippen molar-refractivity contribution in [2.75, 3.05) is 5.32 Å². The van der Waals surface area contributed by atoms with E-state index in [9.17, 15) is 14.9 Å². The molecular weight excluding hydrogens is 418 g/mol. The molecule has 0 bridgehead atoms. The average molecular weight is 436 g/mol. The predicted molar refractivity (Wildman–Crippen MR) is 120 cm³/mol. The maximum Gasteiger partial charge on any atom is 0.273 e. The van der Waals surface area contributed by atoms with Crippen molar-refractivity contribution in [3.05, 3.63) is 86.4 Å². The molecule has 1 aromatic heterocycles. The van der Waals surface area contributed by atoms with Crippen LogP contribution in [0.4, 0.5) is 11.4 Å². The van der Waals surface area contributed by atoms with Crippen molar-refractivity contribution in [2.24, 2.45) is 0 Å². The number of hydrogen-bond acceptors (Lipinski definition) is 5. The Balaban J connectivity index is 1.67. The van der Waals surface area contributed by atoms with E-state index in [0.717, 1.165) is 17.5 Å². The maximum absolute atomic E-state index is 12.7. The molecule has 1 heterocycles. The van der Waals surface area contributed by atoms with Gasteiger partial charge < -0.3 is 9.73 Å². The number of nitrogens with zero attached hydrogens (tertiary/aromatic N) is 2. The van der Waals surface area contributed by atoms with Crippen LogP contribution in [0.15, 0.2) is 59.0 Å². The number of aryl methyl sites for hydroxylation is 1. The summed E-state index contributed by atoms with van der Waals surface area (Å²) in [6.45, 7) is 3.61.